The molecule has 0 aliphatic carbocycles. The van der Waals surface area contributed by atoms with Gasteiger partial charge in [-0.1, -0.05) is 32.0 Å². The maximum atomic E-state index is 3.62. The van der Waals surface area contributed by atoms with Crippen LogP contribution < -0.4 is 5.32 Å². The Labute approximate surface area is 119 Å². The second-order valence-electron chi connectivity index (χ2n) is 5.64. The Morgan fingerprint density at radius 1 is 1.11 bits per heavy atom. The maximum absolute atomic E-state index is 3.62. The minimum atomic E-state index is 0.423. The first kappa shape index (κ1) is 16.2. The molecule has 0 radical (unpaired) electrons. The van der Waals surface area contributed by atoms with Crippen molar-refractivity contribution in [3.8, 4) is 0 Å². The van der Waals surface area contributed by atoms with Crippen LogP contribution in [0.2, 0.25) is 0 Å². The third-order valence-electron chi connectivity index (χ3n) is 3.94. The van der Waals surface area contributed by atoms with Crippen molar-refractivity contribution < 1.29 is 0 Å². The molecule has 0 saturated carbocycles. The highest BCUT2D eigenvalue weighted by Crippen LogP contribution is 2.19. The minimum Gasteiger partial charge on any atom is -0.309 e. The van der Waals surface area contributed by atoms with E-state index in [1.807, 2.05) is 0 Å². The van der Waals surface area contributed by atoms with Crippen molar-refractivity contribution >= 4 is 0 Å². The fraction of sp³-hybridized carbons (Fsp3) is 0.647. The standard InChI is InChI=1S/C17H30N2/c1-7-18-17(12-19(8-2)13(3)4)16-10-9-14(5)15(6)11-16/h9-11,13,17-18H,7-8,12H2,1-6H3. The van der Waals surface area contributed by atoms with Gasteiger partial charge in [0.1, 0.15) is 0 Å². The summed E-state index contributed by atoms with van der Waals surface area (Å²) < 4.78 is 0. The zero-order chi connectivity index (χ0) is 14.4. The fourth-order valence-corrected chi connectivity index (χ4v) is 2.46. The Kier molecular flexibility index (Phi) is 6.53. The lowest BCUT2D eigenvalue weighted by Crippen LogP contribution is -2.39. The van der Waals surface area contributed by atoms with Crippen LogP contribution in [0.5, 0.6) is 0 Å². The quantitative estimate of drug-likeness (QED) is 0.806. The third kappa shape index (κ3) is 4.63. The van der Waals surface area contributed by atoms with Gasteiger partial charge >= 0.3 is 0 Å². The van der Waals surface area contributed by atoms with Gasteiger partial charge in [0.25, 0.3) is 0 Å². The van der Waals surface area contributed by atoms with E-state index in [0.717, 1.165) is 19.6 Å². The first-order chi connectivity index (χ1) is 8.99. The van der Waals surface area contributed by atoms with Crippen LogP contribution in [0.4, 0.5) is 0 Å². The molecule has 108 valence electrons. The molecule has 2 heteroatoms. The van der Waals surface area contributed by atoms with Crippen molar-refractivity contribution in [2.75, 3.05) is 19.6 Å². The molecule has 19 heavy (non-hydrogen) atoms. The molecule has 0 heterocycles. The summed E-state index contributed by atoms with van der Waals surface area (Å²) in [7, 11) is 0. The fourth-order valence-electron chi connectivity index (χ4n) is 2.46. The summed E-state index contributed by atoms with van der Waals surface area (Å²) in [6.45, 7) is 16.5. The topological polar surface area (TPSA) is 15.3 Å². The molecule has 0 fully saturated rings. The van der Waals surface area contributed by atoms with E-state index < -0.39 is 0 Å². The summed E-state index contributed by atoms with van der Waals surface area (Å²) in [5, 5.41) is 3.62. The number of likely N-dealkylation sites (N-methyl/N-ethyl adjacent to an activating group) is 2. The summed E-state index contributed by atoms with van der Waals surface area (Å²) >= 11 is 0. The monoisotopic (exact) mass is 262 g/mol. The molecule has 1 aromatic carbocycles. The van der Waals surface area contributed by atoms with Crippen molar-refractivity contribution in [2.45, 2.75) is 53.6 Å². The van der Waals surface area contributed by atoms with Gasteiger partial charge in [0.15, 0.2) is 0 Å². The van der Waals surface area contributed by atoms with E-state index in [0.29, 0.717) is 12.1 Å². The van der Waals surface area contributed by atoms with Gasteiger partial charge in [-0.2, -0.15) is 0 Å². The zero-order valence-corrected chi connectivity index (χ0v) is 13.5. The van der Waals surface area contributed by atoms with E-state index in [4.69, 9.17) is 0 Å². The van der Waals surface area contributed by atoms with E-state index in [-0.39, 0.29) is 0 Å². The van der Waals surface area contributed by atoms with Gasteiger partial charge in [0.2, 0.25) is 0 Å². The van der Waals surface area contributed by atoms with Crippen molar-refractivity contribution in [1.29, 1.82) is 0 Å². The van der Waals surface area contributed by atoms with Gasteiger partial charge in [-0.25, -0.2) is 0 Å². The summed E-state index contributed by atoms with van der Waals surface area (Å²) in [6, 6.07) is 7.85. The van der Waals surface area contributed by atoms with E-state index in [9.17, 15) is 0 Å². The molecule has 1 rings (SSSR count). The van der Waals surface area contributed by atoms with Crippen molar-refractivity contribution in [3.05, 3.63) is 34.9 Å². The Morgan fingerprint density at radius 2 is 1.79 bits per heavy atom. The third-order valence-corrected chi connectivity index (χ3v) is 3.94. The predicted octanol–water partition coefficient (Wildman–Crippen LogP) is 3.68. The first-order valence-electron chi connectivity index (χ1n) is 7.54. The molecular weight excluding hydrogens is 232 g/mol. The predicted molar refractivity (Wildman–Crippen MR) is 84.7 cm³/mol. The van der Waals surface area contributed by atoms with Crippen LogP contribution in [0.25, 0.3) is 0 Å². The Hall–Kier alpha value is -0.860. The van der Waals surface area contributed by atoms with Crippen molar-refractivity contribution in [2.24, 2.45) is 0 Å². The van der Waals surface area contributed by atoms with Crippen LogP contribution in [0, 0.1) is 13.8 Å². The summed E-state index contributed by atoms with van der Waals surface area (Å²) in [6.07, 6.45) is 0. The second-order valence-corrected chi connectivity index (χ2v) is 5.64. The van der Waals surface area contributed by atoms with Gasteiger partial charge in [-0.15, -0.1) is 0 Å². The van der Waals surface area contributed by atoms with Crippen molar-refractivity contribution in [3.63, 3.8) is 0 Å². The largest absolute Gasteiger partial charge is 0.309 e. The lowest BCUT2D eigenvalue weighted by Gasteiger charge is -2.30. The van der Waals surface area contributed by atoms with Gasteiger partial charge in [0.05, 0.1) is 0 Å². The number of benzene rings is 1. The summed E-state index contributed by atoms with van der Waals surface area (Å²) in [5.41, 5.74) is 4.16. The van der Waals surface area contributed by atoms with Crippen molar-refractivity contribution in [1.82, 2.24) is 10.2 Å². The van der Waals surface area contributed by atoms with Crippen LogP contribution in [0.15, 0.2) is 18.2 Å². The van der Waals surface area contributed by atoms with Gasteiger partial charge in [0, 0.05) is 18.6 Å². The number of hydrogen-bond acceptors (Lipinski definition) is 2. The smallest absolute Gasteiger partial charge is 0.0449 e. The van der Waals surface area contributed by atoms with Gasteiger partial charge < -0.3 is 5.32 Å². The van der Waals surface area contributed by atoms with Gasteiger partial charge in [-0.05, 0) is 57.5 Å². The highest BCUT2D eigenvalue weighted by Gasteiger charge is 2.16. The molecule has 1 atom stereocenters. The molecule has 1 unspecified atom stereocenters. The maximum Gasteiger partial charge on any atom is 0.0449 e. The Bertz CT molecular complexity index is 385. The number of rotatable bonds is 7. The SMILES string of the molecule is CCNC(CN(CC)C(C)C)c1ccc(C)c(C)c1. The first-order valence-corrected chi connectivity index (χ1v) is 7.54. The van der Waals surface area contributed by atoms with Gasteiger partial charge in [-0.3, -0.25) is 4.90 Å². The molecule has 0 aromatic heterocycles. The second kappa shape index (κ2) is 7.66. The van der Waals surface area contributed by atoms with E-state index >= 15 is 0 Å². The Morgan fingerprint density at radius 3 is 2.26 bits per heavy atom. The van der Waals surface area contributed by atoms with Crippen LogP contribution >= 0.6 is 0 Å². The summed E-state index contributed by atoms with van der Waals surface area (Å²) in [4.78, 5) is 2.52. The van der Waals surface area contributed by atoms with Crippen LogP contribution in [0.1, 0.15) is 50.4 Å². The van der Waals surface area contributed by atoms with E-state index in [2.05, 4.69) is 70.0 Å². The Balaban J connectivity index is 2.89. The van der Waals surface area contributed by atoms with Crippen LogP contribution in [-0.4, -0.2) is 30.6 Å². The molecule has 0 bridgehead atoms. The average Bonchev–Trinajstić information content (AvgIpc) is 2.37. The lowest BCUT2D eigenvalue weighted by atomic mass is 10.00. The van der Waals surface area contributed by atoms with E-state index in [1.54, 1.807) is 0 Å². The van der Waals surface area contributed by atoms with Crippen LogP contribution in [0.3, 0.4) is 0 Å². The zero-order valence-electron chi connectivity index (χ0n) is 13.5. The number of nitrogens with zero attached hydrogens (tertiary/aromatic N) is 1. The normalized spacial score (nSPS) is 13.3. The van der Waals surface area contributed by atoms with Crippen LogP contribution in [-0.2, 0) is 0 Å². The number of nitrogens with one attached hydrogen (secondary N) is 1. The molecule has 1 N–H and O–H groups in total. The molecule has 0 amide bonds. The average molecular weight is 262 g/mol. The molecule has 0 aliphatic heterocycles. The number of hydrogen-bond donors (Lipinski definition) is 1. The molecule has 0 saturated heterocycles. The molecule has 1 aromatic rings. The van der Waals surface area contributed by atoms with E-state index in [1.165, 1.54) is 16.7 Å². The highest BCUT2D eigenvalue weighted by atomic mass is 15.2. The molecule has 0 aliphatic rings. The summed E-state index contributed by atoms with van der Waals surface area (Å²) in [5.74, 6) is 0. The minimum absolute atomic E-state index is 0.423. The highest BCUT2D eigenvalue weighted by molar-refractivity contribution is 5.32. The number of aryl methyl sites for hydroxylation is 2. The lowest BCUT2D eigenvalue weighted by molar-refractivity contribution is 0.208. The molecule has 0 spiro atoms. The molecular formula is C17H30N2. The molecule has 2 nitrogen and oxygen atoms in total.